The fourth-order valence-electron chi connectivity index (χ4n) is 2.46. The van der Waals surface area contributed by atoms with Gasteiger partial charge in [-0.15, -0.1) is 0 Å². The molecule has 1 heterocycles. The highest BCUT2D eigenvalue weighted by atomic mass is 16.3. The van der Waals surface area contributed by atoms with Crippen molar-refractivity contribution in [3.05, 3.63) is 71.6 Å². The van der Waals surface area contributed by atoms with Gasteiger partial charge in [-0.2, -0.15) is 0 Å². The summed E-state index contributed by atoms with van der Waals surface area (Å²) in [7, 11) is 0. The van der Waals surface area contributed by atoms with Crippen LogP contribution in [0.2, 0.25) is 0 Å². The van der Waals surface area contributed by atoms with E-state index in [1.165, 1.54) is 11.1 Å². The number of aliphatic hydroxyl groups excluding tert-OH is 1. The number of allylic oxidation sites excluding steroid dienone is 3. The average Bonchev–Trinajstić information content (AvgIpc) is 2.48. The average molecular weight is 269 g/mol. The zero-order valence-electron chi connectivity index (χ0n) is 12.2. The van der Waals surface area contributed by atoms with Crippen LogP contribution in [0, 0.1) is 0 Å². The summed E-state index contributed by atoms with van der Waals surface area (Å²) >= 11 is 0. The van der Waals surface area contributed by atoms with E-state index in [-0.39, 0.29) is 6.61 Å². The summed E-state index contributed by atoms with van der Waals surface area (Å²) in [5.41, 5.74) is 4.58. The van der Waals surface area contributed by atoms with E-state index < -0.39 is 0 Å². The van der Waals surface area contributed by atoms with Crippen molar-refractivity contribution in [2.75, 3.05) is 13.2 Å². The van der Waals surface area contributed by atoms with Crippen molar-refractivity contribution < 1.29 is 5.11 Å². The number of hydrogen-bond donors (Lipinski definition) is 1. The molecule has 0 radical (unpaired) electrons. The van der Waals surface area contributed by atoms with Crippen LogP contribution in [0.25, 0.3) is 0 Å². The second kappa shape index (κ2) is 7.11. The Kier molecular flexibility index (Phi) is 5.19. The molecule has 0 aromatic heterocycles. The molecule has 0 spiro atoms. The van der Waals surface area contributed by atoms with Crippen LogP contribution in [0.5, 0.6) is 0 Å². The summed E-state index contributed by atoms with van der Waals surface area (Å²) in [4.78, 5) is 2.15. The third-order valence-electron chi connectivity index (χ3n) is 3.59. The predicted molar refractivity (Wildman–Crippen MR) is 84.2 cm³/mol. The Labute approximate surface area is 121 Å². The van der Waals surface area contributed by atoms with Crippen LogP contribution in [0.1, 0.15) is 25.3 Å². The van der Waals surface area contributed by atoms with E-state index in [9.17, 15) is 5.11 Å². The maximum absolute atomic E-state index is 9.42. The van der Waals surface area contributed by atoms with Crippen molar-refractivity contribution in [1.82, 2.24) is 4.90 Å². The van der Waals surface area contributed by atoms with Gasteiger partial charge in [0.25, 0.3) is 0 Å². The third kappa shape index (κ3) is 3.61. The minimum atomic E-state index is 0.0709. The molecule has 1 aromatic carbocycles. The number of hydrogen-bond acceptors (Lipinski definition) is 2. The molecule has 0 saturated carbocycles. The lowest BCUT2D eigenvalue weighted by molar-refractivity contribution is 0.283. The van der Waals surface area contributed by atoms with Gasteiger partial charge in [0.05, 0.1) is 6.61 Å². The van der Waals surface area contributed by atoms with Gasteiger partial charge in [-0.05, 0) is 42.0 Å². The fraction of sp³-hybridized carbons (Fsp3) is 0.333. The standard InChI is InChI=1S/C18H23NO/c1-3-11-19-13-17(15(2)12-18(19)14-20)10-9-16-7-5-4-6-8-16/h4-8,12-13,20H,2-3,9-11,14H2,1H3. The Morgan fingerprint density at radius 3 is 2.55 bits per heavy atom. The Morgan fingerprint density at radius 2 is 1.90 bits per heavy atom. The van der Waals surface area contributed by atoms with Crippen LogP contribution < -0.4 is 0 Å². The van der Waals surface area contributed by atoms with Crippen molar-refractivity contribution in [2.45, 2.75) is 26.2 Å². The molecule has 1 aliphatic heterocycles. The molecule has 1 N–H and O–H groups in total. The predicted octanol–water partition coefficient (Wildman–Crippen LogP) is 3.66. The monoisotopic (exact) mass is 269 g/mol. The van der Waals surface area contributed by atoms with Gasteiger partial charge in [-0.3, -0.25) is 0 Å². The summed E-state index contributed by atoms with van der Waals surface area (Å²) in [5.74, 6) is 0. The van der Waals surface area contributed by atoms with Crippen LogP contribution in [0.15, 0.2) is 66.0 Å². The molecule has 1 aromatic rings. The van der Waals surface area contributed by atoms with Gasteiger partial charge < -0.3 is 10.0 Å². The van der Waals surface area contributed by atoms with Crippen LogP contribution in [-0.4, -0.2) is 23.2 Å². The topological polar surface area (TPSA) is 23.5 Å². The summed E-state index contributed by atoms with van der Waals surface area (Å²) < 4.78 is 0. The second-order valence-corrected chi connectivity index (χ2v) is 5.15. The normalized spacial score (nSPS) is 15.1. The van der Waals surface area contributed by atoms with E-state index in [4.69, 9.17) is 0 Å². The lowest BCUT2D eigenvalue weighted by Crippen LogP contribution is -2.23. The molecule has 2 nitrogen and oxygen atoms in total. The Morgan fingerprint density at radius 1 is 1.15 bits per heavy atom. The molecule has 106 valence electrons. The maximum Gasteiger partial charge on any atom is 0.0833 e. The van der Waals surface area contributed by atoms with E-state index in [1.807, 2.05) is 12.1 Å². The summed E-state index contributed by atoms with van der Waals surface area (Å²) in [6.07, 6.45) is 7.23. The molecule has 0 amide bonds. The SMILES string of the molecule is C=C1C=C(CO)N(CCC)C=C1CCc1ccccc1. The molecule has 20 heavy (non-hydrogen) atoms. The number of rotatable bonds is 6. The number of aryl methyl sites for hydroxylation is 1. The van der Waals surface area contributed by atoms with Crippen LogP contribution in [0.4, 0.5) is 0 Å². The first-order chi connectivity index (χ1) is 9.74. The molecule has 2 heteroatoms. The van der Waals surface area contributed by atoms with Gasteiger partial charge in [-0.25, -0.2) is 0 Å². The fourth-order valence-corrected chi connectivity index (χ4v) is 2.46. The summed E-state index contributed by atoms with van der Waals surface area (Å²) in [6, 6.07) is 10.5. The van der Waals surface area contributed by atoms with Crippen molar-refractivity contribution in [2.24, 2.45) is 0 Å². The third-order valence-corrected chi connectivity index (χ3v) is 3.59. The molecule has 0 aliphatic carbocycles. The van der Waals surface area contributed by atoms with Crippen LogP contribution in [0.3, 0.4) is 0 Å². The highest BCUT2D eigenvalue weighted by Gasteiger charge is 2.14. The van der Waals surface area contributed by atoms with E-state index in [0.29, 0.717) is 0 Å². The second-order valence-electron chi connectivity index (χ2n) is 5.15. The Bertz CT molecular complexity index is 513. The highest BCUT2D eigenvalue weighted by molar-refractivity contribution is 5.43. The van der Waals surface area contributed by atoms with E-state index >= 15 is 0 Å². The molecular formula is C18H23NO. The minimum absolute atomic E-state index is 0.0709. The van der Waals surface area contributed by atoms with E-state index in [2.05, 4.69) is 48.9 Å². The maximum atomic E-state index is 9.42. The lowest BCUT2D eigenvalue weighted by Gasteiger charge is -2.28. The molecular weight excluding hydrogens is 246 g/mol. The number of aliphatic hydroxyl groups is 1. The molecule has 2 rings (SSSR count). The first-order valence-electron chi connectivity index (χ1n) is 7.26. The molecule has 0 saturated heterocycles. The van der Waals surface area contributed by atoms with Crippen molar-refractivity contribution in [3.63, 3.8) is 0 Å². The summed E-state index contributed by atoms with van der Waals surface area (Å²) in [6.45, 7) is 7.28. The number of nitrogens with zero attached hydrogens (tertiary/aromatic N) is 1. The van der Waals surface area contributed by atoms with E-state index in [0.717, 1.165) is 37.1 Å². The molecule has 1 aliphatic rings. The number of benzene rings is 1. The molecule has 0 atom stereocenters. The largest absolute Gasteiger partial charge is 0.390 e. The van der Waals surface area contributed by atoms with Gasteiger partial charge in [0.2, 0.25) is 0 Å². The van der Waals surface area contributed by atoms with Crippen molar-refractivity contribution >= 4 is 0 Å². The highest BCUT2D eigenvalue weighted by Crippen LogP contribution is 2.25. The van der Waals surface area contributed by atoms with Gasteiger partial charge in [0.1, 0.15) is 0 Å². The van der Waals surface area contributed by atoms with Gasteiger partial charge >= 0.3 is 0 Å². The molecule has 0 unspecified atom stereocenters. The molecule has 0 bridgehead atoms. The molecule has 0 fully saturated rings. The van der Waals surface area contributed by atoms with Gasteiger partial charge in [0, 0.05) is 18.4 Å². The minimum Gasteiger partial charge on any atom is -0.390 e. The van der Waals surface area contributed by atoms with E-state index in [1.54, 1.807) is 0 Å². The van der Waals surface area contributed by atoms with Crippen molar-refractivity contribution in [1.29, 1.82) is 0 Å². The Balaban J connectivity index is 2.05. The zero-order valence-corrected chi connectivity index (χ0v) is 12.2. The van der Waals surface area contributed by atoms with Gasteiger partial charge in [-0.1, -0.05) is 43.8 Å². The first-order valence-corrected chi connectivity index (χ1v) is 7.26. The van der Waals surface area contributed by atoms with Crippen LogP contribution >= 0.6 is 0 Å². The Hall–Kier alpha value is -1.80. The first kappa shape index (κ1) is 14.6. The van der Waals surface area contributed by atoms with Crippen molar-refractivity contribution in [3.8, 4) is 0 Å². The smallest absolute Gasteiger partial charge is 0.0833 e. The zero-order chi connectivity index (χ0) is 14.4. The quantitative estimate of drug-likeness (QED) is 0.852. The van der Waals surface area contributed by atoms with Gasteiger partial charge in [0.15, 0.2) is 0 Å². The summed E-state index contributed by atoms with van der Waals surface area (Å²) in [5, 5.41) is 9.42. The lowest BCUT2D eigenvalue weighted by atomic mass is 9.97. The van der Waals surface area contributed by atoms with Crippen LogP contribution in [-0.2, 0) is 6.42 Å².